The number of nitrogens with zero attached hydrogens (tertiary/aromatic N) is 2. The molecule has 1 aromatic heterocycles. The maximum atomic E-state index is 4.38. The Kier molecular flexibility index (Phi) is 6.59. The van der Waals surface area contributed by atoms with E-state index in [4.69, 9.17) is 0 Å². The average Bonchev–Trinajstić information content (AvgIpc) is 2.93. The van der Waals surface area contributed by atoms with Gasteiger partial charge < -0.3 is 10.6 Å². The van der Waals surface area contributed by atoms with Gasteiger partial charge in [0, 0.05) is 37.6 Å². The van der Waals surface area contributed by atoms with Crippen molar-refractivity contribution in [3.63, 3.8) is 0 Å². The Morgan fingerprint density at radius 1 is 1.13 bits per heavy atom. The van der Waals surface area contributed by atoms with Crippen molar-refractivity contribution in [1.82, 2.24) is 15.6 Å². The fourth-order valence-corrected chi connectivity index (χ4v) is 3.25. The number of nitrogens with one attached hydrogen (secondary N) is 2. The van der Waals surface area contributed by atoms with Crippen LogP contribution in [0, 0.1) is 20.8 Å². The number of aliphatic imine (C=N–C) groups is 1. The molecular formula is C18H26N4S. The Morgan fingerprint density at radius 2 is 1.87 bits per heavy atom. The van der Waals surface area contributed by atoms with E-state index in [2.05, 4.69) is 59.6 Å². The minimum atomic E-state index is 0.843. The Morgan fingerprint density at radius 3 is 2.48 bits per heavy atom. The largest absolute Gasteiger partial charge is 0.356 e. The van der Waals surface area contributed by atoms with Gasteiger partial charge in [0.1, 0.15) is 0 Å². The summed E-state index contributed by atoms with van der Waals surface area (Å²) in [6, 6.07) is 6.62. The van der Waals surface area contributed by atoms with Crippen LogP contribution in [0.2, 0.25) is 0 Å². The van der Waals surface area contributed by atoms with Gasteiger partial charge >= 0.3 is 0 Å². The van der Waals surface area contributed by atoms with Crippen LogP contribution >= 0.6 is 11.3 Å². The molecule has 2 aromatic rings. The second kappa shape index (κ2) is 8.67. The zero-order valence-electron chi connectivity index (χ0n) is 14.4. The fraction of sp³-hybridized carbons (Fsp3) is 0.444. The Hall–Kier alpha value is -1.88. The summed E-state index contributed by atoms with van der Waals surface area (Å²) in [5.41, 5.74) is 4.06. The minimum Gasteiger partial charge on any atom is -0.356 e. The van der Waals surface area contributed by atoms with Crippen LogP contribution in [-0.2, 0) is 12.8 Å². The minimum absolute atomic E-state index is 0.843. The van der Waals surface area contributed by atoms with Crippen LogP contribution in [0.3, 0.4) is 0 Å². The van der Waals surface area contributed by atoms with Crippen LogP contribution in [0.5, 0.6) is 0 Å². The second-order valence-electron chi connectivity index (χ2n) is 5.72. The van der Waals surface area contributed by atoms with E-state index in [0.717, 1.165) is 31.9 Å². The third kappa shape index (κ3) is 5.67. The molecular weight excluding hydrogens is 304 g/mol. The zero-order valence-corrected chi connectivity index (χ0v) is 15.3. The van der Waals surface area contributed by atoms with E-state index < -0.39 is 0 Å². The van der Waals surface area contributed by atoms with Crippen molar-refractivity contribution in [3.05, 3.63) is 51.0 Å². The van der Waals surface area contributed by atoms with Crippen molar-refractivity contribution >= 4 is 17.3 Å². The number of thiazole rings is 1. The van der Waals surface area contributed by atoms with Crippen molar-refractivity contribution in [2.24, 2.45) is 4.99 Å². The van der Waals surface area contributed by atoms with E-state index in [1.54, 1.807) is 18.4 Å². The summed E-state index contributed by atoms with van der Waals surface area (Å²) < 4.78 is 0. The molecule has 0 fully saturated rings. The van der Waals surface area contributed by atoms with Gasteiger partial charge in [0.2, 0.25) is 0 Å². The molecule has 0 aliphatic rings. The van der Waals surface area contributed by atoms with E-state index in [0.29, 0.717) is 0 Å². The molecule has 0 aliphatic heterocycles. The monoisotopic (exact) mass is 330 g/mol. The van der Waals surface area contributed by atoms with Crippen molar-refractivity contribution in [2.75, 3.05) is 20.1 Å². The molecule has 0 unspecified atom stereocenters. The van der Waals surface area contributed by atoms with Gasteiger partial charge in [-0.3, -0.25) is 4.99 Å². The third-order valence-electron chi connectivity index (χ3n) is 3.71. The van der Waals surface area contributed by atoms with Gasteiger partial charge in [0.15, 0.2) is 5.96 Å². The van der Waals surface area contributed by atoms with Gasteiger partial charge in [-0.1, -0.05) is 23.8 Å². The van der Waals surface area contributed by atoms with Gasteiger partial charge in [0.05, 0.1) is 5.01 Å². The van der Waals surface area contributed by atoms with Crippen molar-refractivity contribution < 1.29 is 0 Å². The second-order valence-corrected chi connectivity index (χ2v) is 7.04. The van der Waals surface area contributed by atoms with Crippen molar-refractivity contribution in [2.45, 2.75) is 33.6 Å². The van der Waals surface area contributed by atoms with Gasteiger partial charge in [0.25, 0.3) is 0 Å². The summed E-state index contributed by atoms with van der Waals surface area (Å²) in [6.07, 6.45) is 3.85. The highest BCUT2D eigenvalue weighted by molar-refractivity contribution is 7.11. The maximum absolute atomic E-state index is 4.38. The van der Waals surface area contributed by atoms with Crippen LogP contribution in [0.15, 0.2) is 29.4 Å². The fourth-order valence-electron chi connectivity index (χ4n) is 2.47. The lowest BCUT2D eigenvalue weighted by molar-refractivity contribution is 0.780. The molecule has 0 saturated carbocycles. The third-order valence-corrected chi connectivity index (χ3v) is 4.68. The van der Waals surface area contributed by atoms with Crippen LogP contribution in [0.1, 0.15) is 26.6 Å². The molecule has 124 valence electrons. The lowest BCUT2D eigenvalue weighted by Crippen LogP contribution is -2.39. The molecule has 0 radical (unpaired) electrons. The number of hydrogen-bond acceptors (Lipinski definition) is 3. The summed E-state index contributed by atoms with van der Waals surface area (Å²) in [6.45, 7) is 8.11. The number of aromatic nitrogens is 1. The molecule has 2 N–H and O–H groups in total. The number of benzene rings is 1. The van der Waals surface area contributed by atoms with E-state index >= 15 is 0 Å². The maximum Gasteiger partial charge on any atom is 0.191 e. The number of aryl methyl sites for hydroxylation is 3. The first-order valence-corrected chi connectivity index (χ1v) is 8.82. The Labute approximate surface area is 143 Å². The summed E-state index contributed by atoms with van der Waals surface area (Å²) in [7, 11) is 1.81. The normalized spacial score (nSPS) is 11.6. The van der Waals surface area contributed by atoms with E-state index in [9.17, 15) is 0 Å². The lowest BCUT2D eigenvalue weighted by Gasteiger charge is -2.12. The van der Waals surface area contributed by atoms with Gasteiger partial charge in [-0.15, -0.1) is 11.3 Å². The smallest absolute Gasteiger partial charge is 0.191 e. The molecule has 1 aromatic carbocycles. The van der Waals surface area contributed by atoms with Crippen LogP contribution in [0.4, 0.5) is 0 Å². The van der Waals surface area contributed by atoms with Crippen molar-refractivity contribution in [3.8, 4) is 0 Å². The first kappa shape index (κ1) is 17.5. The Bertz CT molecular complexity index is 661. The van der Waals surface area contributed by atoms with Crippen molar-refractivity contribution in [1.29, 1.82) is 0 Å². The lowest BCUT2D eigenvalue weighted by atomic mass is 10.0. The number of guanidine groups is 1. The predicted molar refractivity (Wildman–Crippen MR) is 99.5 cm³/mol. The number of hydrogen-bond donors (Lipinski definition) is 2. The van der Waals surface area contributed by atoms with E-state index in [-0.39, 0.29) is 0 Å². The molecule has 4 nitrogen and oxygen atoms in total. The molecule has 0 bridgehead atoms. The highest BCUT2D eigenvalue weighted by atomic mass is 32.1. The summed E-state index contributed by atoms with van der Waals surface area (Å²) in [5.74, 6) is 0.850. The number of rotatable bonds is 6. The summed E-state index contributed by atoms with van der Waals surface area (Å²) in [4.78, 5) is 9.91. The van der Waals surface area contributed by atoms with Crippen LogP contribution in [-0.4, -0.2) is 31.1 Å². The molecule has 0 spiro atoms. The molecule has 23 heavy (non-hydrogen) atoms. The molecule has 0 atom stereocenters. The molecule has 1 heterocycles. The molecule has 0 aliphatic carbocycles. The first-order chi connectivity index (χ1) is 11.1. The average molecular weight is 331 g/mol. The summed E-state index contributed by atoms with van der Waals surface area (Å²) >= 11 is 1.75. The molecule has 0 saturated heterocycles. The zero-order chi connectivity index (χ0) is 16.7. The van der Waals surface area contributed by atoms with E-state index in [1.165, 1.54) is 26.6 Å². The highest BCUT2D eigenvalue weighted by Gasteiger charge is 2.02. The highest BCUT2D eigenvalue weighted by Crippen LogP contribution is 2.11. The van der Waals surface area contributed by atoms with Gasteiger partial charge in [-0.2, -0.15) is 0 Å². The molecule has 0 amide bonds. The quantitative estimate of drug-likeness (QED) is 0.632. The standard InChI is InChI=1S/C18H26N4S/c1-13-5-6-16(14(2)11-13)7-9-20-18(19-4)21-10-8-17-22-12-15(3)23-17/h5-6,11-12H,7-10H2,1-4H3,(H2,19,20,21). The van der Waals surface area contributed by atoms with E-state index in [1.807, 2.05) is 6.20 Å². The van der Waals surface area contributed by atoms with Crippen LogP contribution < -0.4 is 10.6 Å². The van der Waals surface area contributed by atoms with Gasteiger partial charge in [-0.25, -0.2) is 4.98 Å². The van der Waals surface area contributed by atoms with Crippen LogP contribution in [0.25, 0.3) is 0 Å². The topological polar surface area (TPSA) is 49.3 Å². The van der Waals surface area contributed by atoms with Gasteiger partial charge in [-0.05, 0) is 38.3 Å². The SMILES string of the molecule is CN=C(NCCc1ncc(C)s1)NCCc1ccc(C)cc1C. The predicted octanol–water partition coefficient (Wildman–Crippen LogP) is 3.02. The Balaban J connectivity index is 1.72. The molecule has 2 rings (SSSR count). The summed E-state index contributed by atoms with van der Waals surface area (Å²) in [5, 5.41) is 7.88. The molecule has 5 heteroatoms. The first-order valence-electron chi connectivity index (χ1n) is 8.00.